The van der Waals surface area contributed by atoms with Crippen molar-refractivity contribution in [2.24, 2.45) is 10.9 Å². The molecule has 0 radical (unpaired) electrons. The van der Waals surface area contributed by atoms with Gasteiger partial charge in [-0.3, -0.25) is 9.36 Å². The molecule has 1 aromatic carbocycles. The van der Waals surface area contributed by atoms with Gasteiger partial charge in [-0.15, -0.1) is 0 Å². The predicted molar refractivity (Wildman–Crippen MR) is 103 cm³/mol. The lowest BCUT2D eigenvalue weighted by atomic mass is 10.1. The number of imidazole rings is 1. The second-order valence-corrected chi connectivity index (χ2v) is 7.06. The van der Waals surface area contributed by atoms with Crippen molar-refractivity contribution < 1.29 is 9.63 Å². The monoisotopic (exact) mass is 366 g/mol. The number of nitrogens with two attached hydrogens (primary N) is 1. The third-order valence-electron chi connectivity index (χ3n) is 3.62. The highest BCUT2D eigenvalue weighted by Crippen LogP contribution is 2.16. The van der Waals surface area contributed by atoms with Crippen molar-refractivity contribution in [2.75, 3.05) is 6.61 Å². The van der Waals surface area contributed by atoms with Crippen molar-refractivity contribution >= 4 is 22.8 Å². The van der Waals surface area contributed by atoms with Crippen LogP contribution in [0.3, 0.4) is 0 Å². The molecule has 0 saturated carbocycles. The van der Waals surface area contributed by atoms with E-state index in [4.69, 9.17) is 10.6 Å². The number of rotatable bonds is 5. The van der Waals surface area contributed by atoms with Gasteiger partial charge in [-0.1, -0.05) is 17.3 Å². The Balaban J connectivity index is 1.67. The van der Waals surface area contributed by atoms with E-state index in [-0.39, 0.29) is 23.9 Å². The van der Waals surface area contributed by atoms with E-state index >= 15 is 0 Å². The fourth-order valence-electron chi connectivity index (χ4n) is 2.49. The minimum Gasteiger partial charge on any atom is -0.384 e. The van der Waals surface area contributed by atoms with Crippen LogP contribution < -0.4 is 11.1 Å². The molecule has 0 atom stereocenters. The summed E-state index contributed by atoms with van der Waals surface area (Å²) in [6, 6.07) is 11.4. The highest BCUT2D eigenvalue weighted by atomic mass is 16.6. The maximum absolute atomic E-state index is 11.7. The van der Waals surface area contributed by atoms with E-state index < -0.39 is 0 Å². The summed E-state index contributed by atoms with van der Waals surface area (Å²) in [5.74, 6) is 0.596. The van der Waals surface area contributed by atoms with Gasteiger partial charge in [0.25, 0.3) is 5.91 Å². The molecule has 0 spiro atoms. The first kappa shape index (κ1) is 18.4. The second kappa shape index (κ2) is 7.45. The van der Waals surface area contributed by atoms with Gasteiger partial charge in [-0.05, 0) is 45.0 Å². The van der Waals surface area contributed by atoms with Crippen LogP contribution >= 0.6 is 0 Å². The molecule has 140 valence electrons. The molecule has 27 heavy (non-hydrogen) atoms. The van der Waals surface area contributed by atoms with Gasteiger partial charge in [-0.25, -0.2) is 9.97 Å². The molecule has 0 fully saturated rings. The summed E-state index contributed by atoms with van der Waals surface area (Å²) in [4.78, 5) is 25.5. The third-order valence-corrected chi connectivity index (χ3v) is 3.62. The molecule has 8 heteroatoms. The molecular weight excluding hydrogens is 344 g/mol. The lowest BCUT2D eigenvalue weighted by Gasteiger charge is -2.19. The Morgan fingerprint density at radius 3 is 2.70 bits per heavy atom. The zero-order valence-electron chi connectivity index (χ0n) is 15.5. The Bertz CT molecular complexity index is 970. The minimum atomic E-state index is -0.326. The SMILES string of the molecule is CC(C)(C)NC(=O)CON=C(N)c1ccc(-n2cnc3ccccc32)nc1. The maximum atomic E-state index is 11.7. The molecule has 0 aliphatic heterocycles. The van der Waals surface area contributed by atoms with E-state index in [1.165, 1.54) is 0 Å². The van der Waals surface area contributed by atoms with Crippen LogP contribution in [0.5, 0.6) is 0 Å². The first-order chi connectivity index (χ1) is 12.8. The maximum Gasteiger partial charge on any atom is 0.261 e. The summed E-state index contributed by atoms with van der Waals surface area (Å²) in [6.07, 6.45) is 3.32. The van der Waals surface area contributed by atoms with Crippen LogP contribution in [0.1, 0.15) is 26.3 Å². The molecule has 3 N–H and O–H groups in total. The van der Waals surface area contributed by atoms with Crippen LogP contribution in [-0.4, -0.2) is 38.4 Å². The molecule has 1 amide bonds. The van der Waals surface area contributed by atoms with Crippen LogP contribution in [0.4, 0.5) is 0 Å². The first-order valence-corrected chi connectivity index (χ1v) is 8.49. The van der Waals surface area contributed by atoms with E-state index in [0.29, 0.717) is 11.4 Å². The molecule has 2 heterocycles. The summed E-state index contributed by atoms with van der Waals surface area (Å²) < 4.78 is 1.89. The van der Waals surface area contributed by atoms with E-state index in [0.717, 1.165) is 11.0 Å². The molecule has 0 unspecified atom stereocenters. The molecule has 0 aliphatic carbocycles. The van der Waals surface area contributed by atoms with Gasteiger partial charge in [0.2, 0.25) is 0 Å². The molecule has 2 aromatic heterocycles. The Labute approximate surface area is 157 Å². The zero-order valence-corrected chi connectivity index (χ0v) is 15.5. The lowest BCUT2D eigenvalue weighted by molar-refractivity contribution is -0.127. The van der Waals surface area contributed by atoms with Crippen molar-refractivity contribution in [1.29, 1.82) is 0 Å². The van der Waals surface area contributed by atoms with Crippen molar-refractivity contribution in [1.82, 2.24) is 19.9 Å². The summed E-state index contributed by atoms with van der Waals surface area (Å²) in [5.41, 5.74) is 8.03. The van der Waals surface area contributed by atoms with Crippen molar-refractivity contribution in [3.05, 3.63) is 54.5 Å². The Morgan fingerprint density at radius 1 is 1.22 bits per heavy atom. The normalized spacial score (nSPS) is 12.2. The van der Waals surface area contributed by atoms with Gasteiger partial charge in [0.05, 0.1) is 11.0 Å². The molecule has 8 nitrogen and oxygen atoms in total. The number of carbonyl (C=O) groups excluding carboxylic acids is 1. The number of oxime groups is 1. The van der Waals surface area contributed by atoms with Gasteiger partial charge in [-0.2, -0.15) is 0 Å². The van der Waals surface area contributed by atoms with Gasteiger partial charge in [0, 0.05) is 17.3 Å². The number of para-hydroxylation sites is 2. The quantitative estimate of drug-likeness (QED) is 0.408. The molecule has 3 aromatic rings. The van der Waals surface area contributed by atoms with E-state index in [1.807, 2.05) is 55.7 Å². The third kappa shape index (κ3) is 4.60. The van der Waals surface area contributed by atoms with Gasteiger partial charge < -0.3 is 15.9 Å². The summed E-state index contributed by atoms with van der Waals surface area (Å²) in [6.45, 7) is 5.46. The number of fused-ring (bicyclic) bond motifs is 1. The number of amides is 1. The number of aromatic nitrogens is 3. The summed E-state index contributed by atoms with van der Waals surface area (Å²) in [5, 5.41) is 6.56. The first-order valence-electron chi connectivity index (χ1n) is 8.49. The Kier molecular flexibility index (Phi) is 5.07. The van der Waals surface area contributed by atoms with E-state index in [9.17, 15) is 4.79 Å². The molecule has 3 rings (SSSR count). The van der Waals surface area contributed by atoms with Gasteiger partial charge in [0.15, 0.2) is 12.4 Å². The smallest absolute Gasteiger partial charge is 0.261 e. The number of hydrogen-bond donors (Lipinski definition) is 2. The van der Waals surface area contributed by atoms with Crippen LogP contribution in [-0.2, 0) is 9.63 Å². The van der Waals surface area contributed by atoms with Gasteiger partial charge >= 0.3 is 0 Å². The average Bonchev–Trinajstić information content (AvgIpc) is 3.04. The number of benzene rings is 1. The molecular formula is C19H22N6O2. The standard InChI is InChI=1S/C19H22N6O2/c1-19(2,3)23-17(26)11-27-24-18(20)13-8-9-16(21-10-13)25-12-22-14-6-4-5-7-15(14)25/h4-10,12H,11H2,1-3H3,(H2,20,24)(H,23,26). The topological polar surface area (TPSA) is 107 Å². The number of nitrogens with zero attached hydrogens (tertiary/aromatic N) is 4. The minimum absolute atomic E-state index is 0.146. The molecule has 0 bridgehead atoms. The Hall–Kier alpha value is -3.42. The van der Waals surface area contributed by atoms with Gasteiger partial charge in [0.1, 0.15) is 12.1 Å². The fourth-order valence-corrected chi connectivity index (χ4v) is 2.49. The van der Waals surface area contributed by atoms with Crippen molar-refractivity contribution in [3.63, 3.8) is 0 Å². The number of carbonyl (C=O) groups is 1. The largest absolute Gasteiger partial charge is 0.384 e. The van der Waals surface area contributed by atoms with Crippen LogP contribution in [0.25, 0.3) is 16.9 Å². The molecule has 0 saturated heterocycles. The van der Waals surface area contributed by atoms with Crippen molar-refractivity contribution in [2.45, 2.75) is 26.3 Å². The van der Waals surface area contributed by atoms with Crippen LogP contribution in [0.2, 0.25) is 0 Å². The summed E-state index contributed by atoms with van der Waals surface area (Å²) in [7, 11) is 0. The molecule has 0 aliphatic rings. The average molecular weight is 366 g/mol. The summed E-state index contributed by atoms with van der Waals surface area (Å²) >= 11 is 0. The number of hydrogen-bond acceptors (Lipinski definition) is 5. The van der Waals surface area contributed by atoms with E-state index in [2.05, 4.69) is 20.4 Å². The van der Waals surface area contributed by atoms with Crippen LogP contribution in [0.15, 0.2) is 54.1 Å². The number of amidine groups is 1. The van der Waals surface area contributed by atoms with E-state index in [1.54, 1.807) is 18.6 Å². The number of pyridine rings is 1. The number of nitrogens with one attached hydrogen (secondary N) is 1. The highest BCUT2D eigenvalue weighted by Gasteiger charge is 2.14. The lowest BCUT2D eigenvalue weighted by Crippen LogP contribution is -2.42. The highest BCUT2D eigenvalue weighted by molar-refractivity contribution is 5.96. The second-order valence-electron chi connectivity index (χ2n) is 7.06. The Morgan fingerprint density at radius 2 is 2.00 bits per heavy atom. The predicted octanol–water partition coefficient (Wildman–Crippen LogP) is 1.97. The zero-order chi connectivity index (χ0) is 19.4. The fraction of sp³-hybridized carbons (Fsp3) is 0.263. The van der Waals surface area contributed by atoms with Crippen molar-refractivity contribution in [3.8, 4) is 5.82 Å². The van der Waals surface area contributed by atoms with Crippen LogP contribution in [0, 0.1) is 0 Å².